The summed E-state index contributed by atoms with van der Waals surface area (Å²) in [6.07, 6.45) is 0.833. The first kappa shape index (κ1) is 21.0. The summed E-state index contributed by atoms with van der Waals surface area (Å²) in [6, 6.07) is -0.663. The van der Waals surface area contributed by atoms with Crippen LogP contribution in [0.5, 0.6) is 6.01 Å². The lowest BCUT2D eigenvalue weighted by Gasteiger charge is -2.18. The molecular formula is C15H25N5O4S. The molecule has 0 spiro atoms. The van der Waals surface area contributed by atoms with Crippen molar-refractivity contribution in [3.63, 3.8) is 0 Å². The van der Waals surface area contributed by atoms with E-state index in [-0.39, 0.29) is 42.5 Å². The molecule has 0 radical (unpaired) electrons. The number of anilines is 1. The smallest absolute Gasteiger partial charge is 0.329 e. The molecule has 1 rings (SSSR count). The minimum absolute atomic E-state index is 0.157. The molecule has 1 heterocycles. The van der Waals surface area contributed by atoms with Crippen LogP contribution >= 0.6 is 11.5 Å². The Balaban J connectivity index is 2.38. The van der Waals surface area contributed by atoms with Crippen molar-refractivity contribution in [2.75, 3.05) is 12.4 Å². The van der Waals surface area contributed by atoms with Crippen LogP contribution in [0.15, 0.2) is 0 Å². The number of carbonyl (C=O) groups is 3. The van der Waals surface area contributed by atoms with Gasteiger partial charge >= 0.3 is 6.01 Å². The van der Waals surface area contributed by atoms with Crippen LogP contribution in [0.4, 0.5) is 5.13 Å². The SMILES string of the molecule is COc1nsc(NC(=O)CC[C@H](C)[C@H](N)C(=O)NC(=O)CC(C)C)n1. The lowest BCUT2D eigenvalue weighted by molar-refractivity contribution is -0.132. The number of nitrogens with one attached hydrogen (secondary N) is 2. The molecule has 1 aromatic rings. The summed E-state index contributed by atoms with van der Waals surface area (Å²) in [6.45, 7) is 5.54. The fourth-order valence-electron chi connectivity index (χ4n) is 1.96. The number of ether oxygens (including phenoxy) is 1. The van der Waals surface area contributed by atoms with Crippen LogP contribution in [-0.2, 0) is 14.4 Å². The van der Waals surface area contributed by atoms with Crippen molar-refractivity contribution >= 4 is 34.4 Å². The highest BCUT2D eigenvalue weighted by Gasteiger charge is 2.23. The van der Waals surface area contributed by atoms with Crippen molar-refractivity contribution in [3.05, 3.63) is 0 Å². The largest absolute Gasteiger partial charge is 0.466 e. The second-order valence-corrected chi connectivity index (χ2v) is 6.94. The normalized spacial score (nSPS) is 13.2. The molecule has 0 aliphatic heterocycles. The number of imide groups is 1. The Morgan fingerprint density at radius 2 is 1.92 bits per heavy atom. The zero-order chi connectivity index (χ0) is 19.0. The highest BCUT2D eigenvalue weighted by molar-refractivity contribution is 7.10. The first-order valence-corrected chi connectivity index (χ1v) is 8.77. The van der Waals surface area contributed by atoms with E-state index in [1.165, 1.54) is 7.11 Å². The number of amides is 3. The van der Waals surface area contributed by atoms with Crippen molar-refractivity contribution in [2.24, 2.45) is 17.6 Å². The highest BCUT2D eigenvalue weighted by atomic mass is 32.1. The first-order valence-electron chi connectivity index (χ1n) is 7.99. The van der Waals surface area contributed by atoms with Crippen LogP contribution in [-0.4, -0.2) is 40.2 Å². The Bertz CT molecular complexity index is 604. The van der Waals surface area contributed by atoms with Gasteiger partial charge in [0.15, 0.2) is 0 Å². The maximum Gasteiger partial charge on any atom is 0.329 e. The van der Waals surface area contributed by atoms with E-state index < -0.39 is 11.9 Å². The van der Waals surface area contributed by atoms with Gasteiger partial charge in [-0.25, -0.2) is 0 Å². The molecule has 0 aliphatic carbocycles. The van der Waals surface area contributed by atoms with Crippen molar-refractivity contribution < 1.29 is 19.1 Å². The molecule has 0 saturated carbocycles. The van der Waals surface area contributed by atoms with E-state index in [0.717, 1.165) is 11.5 Å². The molecule has 2 atom stereocenters. The van der Waals surface area contributed by atoms with Crippen LogP contribution in [0.3, 0.4) is 0 Å². The molecule has 4 N–H and O–H groups in total. The Hall–Kier alpha value is -2.07. The summed E-state index contributed by atoms with van der Waals surface area (Å²) in [5, 5.41) is 5.24. The van der Waals surface area contributed by atoms with Crippen LogP contribution in [0.25, 0.3) is 0 Å². The van der Waals surface area contributed by atoms with Gasteiger partial charge in [0.05, 0.1) is 13.2 Å². The zero-order valence-corrected chi connectivity index (χ0v) is 15.7. The van der Waals surface area contributed by atoms with Gasteiger partial charge in [0.2, 0.25) is 22.9 Å². The molecule has 0 unspecified atom stereocenters. The molecule has 9 nitrogen and oxygen atoms in total. The molecule has 1 aromatic heterocycles. The highest BCUT2D eigenvalue weighted by Crippen LogP contribution is 2.17. The van der Waals surface area contributed by atoms with Gasteiger partial charge in [-0.3, -0.25) is 19.7 Å². The number of nitrogens with two attached hydrogens (primary N) is 1. The molecule has 0 bridgehead atoms. The van der Waals surface area contributed by atoms with Crippen molar-refractivity contribution in [1.29, 1.82) is 0 Å². The molecule has 0 aromatic carbocycles. The summed E-state index contributed by atoms with van der Waals surface area (Å²) in [7, 11) is 1.44. The third-order valence-corrected chi connectivity index (χ3v) is 4.05. The minimum atomic E-state index is -0.856. The van der Waals surface area contributed by atoms with Crippen LogP contribution < -0.4 is 21.1 Å². The Labute approximate surface area is 150 Å². The Morgan fingerprint density at radius 3 is 2.48 bits per heavy atom. The Kier molecular flexibility index (Phi) is 8.42. The van der Waals surface area contributed by atoms with Gasteiger partial charge in [-0.05, 0) is 18.3 Å². The van der Waals surface area contributed by atoms with Crippen LogP contribution in [0, 0.1) is 11.8 Å². The molecule has 3 amide bonds. The minimum Gasteiger partial charge on any atom is -0.466 e. The van der Waals surface area contributed by atoms with Crippen LogP contribution in [0.1, 0.15) is 40.0 Å². The second-order valence-electron chi connectivity index (χ2n) is 6.19. The van der Waals surface area contributed by atoms with E-state index in [1.54, 1.807) is 6.92 Å². The summed E-state index contributed by atoms with van der Waals surface area (Å²) in [5.74, 6) is -1.22. The molecule has 10 heteroatoms. The van der Waals surface area contributed by atoms with Crippen molar-refractivity contribution in [2.45, 2.75) is 46.1 Å². The number of carbonyl (C=O) groups excluding carboxylic acids is 3. The third-order valence-electron chi connectivity index (χ3n) is 3.44. The zero-order valence-electron chi connectivity index (χ0n) is 14.9. The van der Waals surface area contributed by atoms with Crippen molar-refractivity contribution in [3.8, 4) is 6.01 Å². The summed E-state index contributed by atoms with van der Waals surface area (Å²) in [4.78, 5) is 39.4. The average Bonchev–Trinajstić information content (AvgIpc) is 2.98. The monoisotopic (exact) mass is 371 g/mol. The summed E-state index contributed by atoms with van der Waals surface area (Å²) in [5.41, 5.74) is 5.87. The molecule has 0 fully saturated rings. The standard InChI is InChI=1S/C15H25N5O4S/c1-8(2)7-11(22)17-13(23)12(16)9(3)5-6-10(21)18-15-19-14(24-4)20-25-15/h8-9,12H,5-7,16H2,1-4H3,(H,17,22,23)(H,18,19,20,21)/t9-,12-/m0/s1. The predicted molar refractivity (Wildman–Crippen MR) is 94.1 cm³/mol. The lowest BCUT2D eigenvalue weighted by atomic mass is 9.96. The number of hydrogen-bond donors (Lipinski definition) is 3. The first-order chi connectivity index (χ1) is 11.7. The van der Waals surface area contributed by atoms with Gasteiger partial charge in [0, 0.05) is 24.4 Å². The van der Waals surface area contributed by atoms with E-state index in [9.17, 15) is 14.4 Å². The molecule has 0 aliphatic rings. The van der Waals surface area contributed by atoms with E-state index in [4.69, 9.17) is 10.5 Å². The quantitative estimate of drug-likeness (QED) is 0.587. The van der Waals surface area contributed by atoms with E-state index in [0.29, 0.717) is 11.6 Å². The maximum absolute atomic E-state index is 12.0. The van der Waals surface area contributed by atoms with Gasteiger partial charge in [-0.1, -0.05) is 20.8 Å². The van der Waals surface area contributed by atoms with Gasteiger partial charge in [0.1, 0.15) is 0 Å². The van der Waals surface area contributed by atoms with Gasteiger partial charge in [-0.2, -0.15) is 4.98 Å². The lowest BCUT2D eigenvalue weighted by Crippen LogP contribution is -2.47. The summed E-state index contributed by atoms with van der Waals surface area (Å²) >= 11 is 1.02. The maximum atomic E-state index is 12.0. The number of aromatic nitrogens is 2. The molecule has 25 heavy (non-hydrogen) atoms. The third kappa shape index (κ3) is 7.57. The van der Waals surface area contributed by atoms with Gasteiger partial charge in [-0.15, -0.1) is 4.37 Å². The Morgan fingerprint density at radius 1 is 1.24 bits per heavy atom. The number of rotatable bonds is 9. The van der Waals surface area contributed by atoms with Gasteiger partial charge < -0.3 is 15.8 Å². The second kappa shape index (κ2) is 10.0. The van der Waals surface area contributed by atoms with E-state index in [2.05, 4.69) is 20.0 Å². The van der Waals surface area contributed by atoms with Crippen LogP contribution in [0.2, 0.25) is 0 Å². The molecule has 0 saturated heterocycles. The van der Waals surface area contributed by atoms with E-state index >= 15 is 0 Å². The fraction of sp³-hybridized carbons (Fsp3) is 0.667. The van der Waals surface area contributed by atoms with E-state index in [1.807, 2.05) is 13.8 Å². The summed E-state index contributed by atoms with van der Waals surface area (Å²) < 4.78 is 8.71. The molecular weight excluding hydrogens is 346 g/mol. The fourth-order valence-corrected chi connectivity index (χ4v) is 2.52. The number of nitrogens with zero attached hydrogens (tertiary/aromatic N) is 2. The topological polar surface area (TPSA) is 136 Å². The van der Waals surface area contributed by atoms with Gasteiger partial charge in [0.25, 0.3) is 0 Å². The predicted octanol–water partition coefficient (Wildman–Crippen LogP) is 0.918. The average molecular weight is 371 g/mol. The molecule has 140 valence electrons. The number of hydrogen-bond acceptors (Lipinski definition) is 8. The van der Waals surface area contributed by atoms with Crippen molar-refractivity contribution in [1.82, 2.24) is 14.7 Å². The number of methoxy groups -OCH3 is 1.